The molecule has 0 atom stereocenters. The maximum Gasteiger partial charge on any atom is 0.120 e. The van der Waals surface area contributed by atoms with Gasteiger partial charge in [0.2, 0.25) is 0 Å². The molecule has 0 saturated carbocycles. The third-order valence-corrected chi connectivity index (χ3v) is 2.90. The Morgan fingerprint density at radius 2 is 1.94 bits per heavy atom. The second-order valence-electron chi connectivity index (χ2n) is 4.24. The van der Waals surface area contributed by atoms with Crippen molar-refractivity contribution >= 4 is 0 Å². The molecule has 3 nitrogen and oxygen atoms in total. The third-order valence-electron chi connectivity index (χ3n) is 2.90. The fraction of sp³-hybridized carbons (Fsp3) is 0.571. The van der Waals surface area contributed by atoms with Crippen LogP contribution < -0.4 is 5.32 Å². The minimum absolute atomic E-state index is 0.376. The molecular formula is C14H24N2O. The minimum atomic E-state index is 0.376. The summed E-state index contributed by atoms with van der Waals surface area (Å²) in [6.45, 7) is 9.42. The van der Waals surface area contributed by atoms with Crippen molar-refractivity contribution in [2.75, 3.05) is 26.2 Å². The van der Waals surface area contributed by atoms with Gasteiger partial charge in [-0.15, -0.1) is 0 Å². The number of nitrogens with zero attached hydrogens (tertiary/aromatic N) is 1. The summed E-state index contributed by atoms with van der Waals surface area (Å²) in [6.07, 6.45) is 1.20. The van der Waals surface area contributed by atoms with Crippen molar-refractivity contribution in [2.24, 2.45) is 0 Å². The van der Waals surface area contributed by atoms with Crippen molar-refractivity contribution in [3.05, 3.63) is 29.8 Å². The Morgan fingerprint density at radius 3 is 2.59 bits per heavy atom. The highest BCUT2D eigenvalue weighted by Gasteiger charge is 2.01. The number of benzene rings is 1. The summed E-state index contributed by atoms with van der Waals surface area (Å²) >= 11 is 0. The number of phenolic OH excluding ortho intramolecular Hbond substituents is 1. The maximum absolute atomic E-state index is 9.60. The van der Waals surface area contributed by atoms with Crippen LogP contribution in [0.4, 0.5) is 0 Å². The van der Waals surface area contributed by atoms with E-state index in [1.165, 1.54) is 6.42 Å². The zero-order valence-corrected chi connectivity index (χ0v) is 10.9. The monoisotopic (exact) mass is 236 g/mol. The first kappa shape index (κ1) is 14.0. The average Bonchev–Trinajstić information content (AvgIpc) is 2.35. The Morgan fingerprint density at radius 1 is 1.18 bits per heavy atom. The maximum atomic E-state index is 9.60. The van der Waals surface area contributed by atoms with Gasteiger partial charge in [-0.05, 0) is 25.6 Å². The molecule has 1 aromatic rings. The molecule has 17 heavy (non-hydrogen) atoms. The lowest BCUT2D eigenvalue weighted by Crippen LogP contribution is -2.32. The second kappa shape index (κ2) is 8.09. The number of aromatic hydroxyl groups is 1. The van der Waals surface area contributed by atoms with E-state index >= 15 is 0 Å². The van der Waals surface area contributed by atoms with E-state index in [9.17, 15) is 5.11 Å². The molecule has 0 saturated heterocycles. The van der Waals surface area contributed by atoms with Crippen molar-refractivity contribution < 1.29 is 5.11 Å². The van der Waals surface area contributed by atoms with Crippen LogP contribution >= 0.6 is 0 Å². The first-order chi connectivity index (χ1) is 8.27. The zero-order valence-electron chi connectivity index (χ0n) is 10.9. The van der Waals surface area contributed by atoms with Gasteiger partial charge in [0.05, 0.1) is 0 Å². The molecule has 0 aliphatic heterocycles. The summed E-state index contributed by atoms with van der Waals surface area (Å²) in [5, 5.41) is 13.0. The number of rotatable bonds is 8. The van der Waals surface area contributed by atoms with Gasteiger partial charge in [0.25, 0.3) is 0 Å². The Bertz CT molecular complexity index is 315. The van der Waals surface area contributed by atoms with Crippen LogP contribution in [0.15, 0.2) is 24.3 Å². The molecule has 0 bridgehead atoms. The van der Waals surface area contributed by atoms with Crippen molar-refractivity contribution in [3.8, 4) is 5.75 Å². The van der Waals surface area contributed by atoms with Gasteiger partial charge in [0, 0.05) is 25.2 Å². The smallest absolute Gasteiger partial charge is 0.120 e. The predicted octanol–water partition coefficient (Wildman–Crippen LogP) is 2.21. The average molecular weight is 236 g/mol. The van der Waals surface area contributed by atoms with Crippen LogP contribution in [0.5, 0.6) is 5.75 Å². The molecule has 0 aromatic heterocycles. The summed E-state index contributed by atoms with van der Waals surface area (Å²) in [5.41, 5.74) is 0.964. The van der Waals surface area contributed by atoms with E-state index in [2.05, 4.69) is 24.1 Å². The Kier molecular flexibility index (Phi) is 6.67. The number of hydrogen-bond acceptors (Lipinski definition) is 3. The summed E-state index contributed by atoms with van der Waals surface area (Å²) in [7, 11) is 0. The fourth-order valence-corrected chi connectivity index (χ4v) is 1.86. The van der Waals surface area contributed by atoms with Crippen LogP contribution in [-0.2, 0) is 6.54 Å². The molecule has 0 fully saturated rings. The number of hydrogen-bond donors (Lipinski definition) is 2. The van der Waals surface area contributed by atoms with E-state index in [-0.39, 0.29) is 0 Å². The largest absolute Gasteiger partial charge is 0.508 e. The molecule has 96 valence electrons. The molecular weight excluding hydrogens is 212 g/mol. The Labute approximate surface area is 104 Å². The second-order valence-corrected chi connectivity index (χ2v) is 4.24. The van der Waals surface area contributed by atoms with Crippen LogP contribution in [0, 0.1) is 0 Å². The van der Waals surface area contributed by atoms with Gasteiger partial charge in [-0.3, -0.25) is 0 Å². The summed E-state index contributed by atoms with van der Waals surface area (Å²) in [6, 6.07) is 7.48. The van der Waals surface area contributed by atoms with Gasteiger partial charge < -0.3 is 15.3 Å². The molecule has 2 N–H and O–H groups in total. The standard InChI is InChI=1S/C14H24N2O/c1-3-10-16(4-2)11-9-15-12-13-7-5-6-8-14(13)17/h5-8,15,17H,3-4,9-12H2,1-2H3. The molecule has 0 radical (unpaired) electrons. The summed E-state index contributed by atoms with van der Waals surface area (Å²) in [4.78, 5) is 2.43. The predicted molar refractivity (Wildman–Crippen MR) is 72.2 cm³/mol. The minimum Gasteiger partial charge on any atom is -0.508 e. The zero-order chi connectivity index (χ0) is 12.5. The van der Waals surface area contributed by atoms with Crippen LogP contribution in [0.1, 0.15) is 25.8 Å². The lowest BCUT2D eigenvalue weighted by molar-refractivity contribution is 0.287. The van der Waals surface area contributed by atoms with E-state index in [1.807, 2.05) is 18.2 Å². The van der Waals surface area contributed by atoms with Crippen LogP contribution in [0.3, 0.4) is 0 Å². The van der Waals surface area contributed by atoms with Crippen molar-refractivity contribution in [1.29, 1.82) is 0 Å². The van der Waals surface area contributed by atoms with Crippen LogP contribution in [-0.4, -0.2) is 36.2 Å². The number of likely N-dealkylation sites (N-methyl/N-ethyl adjacent to an activating group) is 1. The van der Waals surface area contributed by atoms with E-state index in [0.29, 0.717) is 5.75 Å². The molecule has 0 heterocycles. The highest BCUT2D eigenvalue weighted by Crippen LogP contribution is 2.14. The van der Waals surface area contributed by atoms with E-state index < -0.39 is 0 Å². The molecule has 0 aliphatic carbocycles. The number of para-hydroxylation sites is 1. The lowest BCUT2D eigenvalue weighted by Gasteiger charge is -2.19. The first-order valence-corrected chi connectivity index (χ1v) is 6.47. The molecule has 0 unspecified atom stereocenters. The van der Waals surface area contributed by atoms with E-state index in [1.54, 1.807) is 6.07 Å². The van der Waals surface area contributed by atoms with Crippen LogP contribution in [0.25, 0.3) is 0 Å². The Balaban J connectivity index is 2.22. The lowest BCUT2D eigenvalue weighted by atomic mass is 10.2. The molecule has 0 amide bonds. The SMILES string of the molecule is CCCN(CC)CCNCc1ccccc1O. The molecule has 0 spiro atoms. The summed E-state index contributed by atoms with van der Waals surface area (Å²) < 4.78 is 0. The molecule has 1 aromatic carbocycles. The van der Waals surface area contributed by atoms with E-state index in [0.717, 1.165) is 38.3 Å². The first-order valence-electron chi connectivity index (χ1n) is 6.47. The van der Waals surface area contributed by atoms with Crippen LogP contribution in [0.2, 0.25) is 0 Å². The van der Waals surface area contributed by atoms with Gasteiger partial charge in [-0.2, -0.15) is 0 Å². The van der Waals surface area contributed by atoms with Gasteiger partial charge in [0.15, 0.2) is 0 Å². The van der Waals surface area contributed by atoms with Gasteiger partial charge in [-0.25, -0.2) is 0 Å². The Hall–Kier alpha value is -1.06. The highest BCUT2D eigenvalue weighted by atomic mass is 16.3. The van der Waals surface area contributed by atoms with Crippen molar-refractivity contribution in [3.63, 3.8) is 0 Å². The normalized spacial score (nSPS) is 11.0. The topological polar surface area (TPSA) is 35.5 Å². The number of nitrogens with one attached hydrogen (secondary N) is 1. The van der Waals surface area contributed by atoms with Crippen molar-refractivity contribution in [1.82, 2.24) is 10.2 Å². The van der Waals surface area contributed by atoms with Gasteiger partial charge >= 0.3 is 0 Å². The third kappa shape index (κ3) is 5.20. The number of phenols is 1. The molecule has 0 aliphatic rings. The van der Waals surface area contributed by atoms with E-state index in [4.69, 9.17) is 0 Å². The molecule has 1 rings (SSSR count). The van der Waals surface area contributed by atoms with Gasteiger partial charge in [-0.1, -0.05) is 32.0 Å². The molecule has 3 heteroatoms. The van der Waals surface area contributed by atoms with Crippen molar-refractivity contribution in [2.45, 2.75) is 26.8 Å². The highest BCUT2D eigenvalue weighted by molar-refractivity contribution is 5.31. The quantitative estimate of drug-likeness (QED) is 0.679. The summed E-state index contributed by atoms with van der Waals surface area (Å²) in [5.74, 6) is 0.376. The fourth-order valence-electron chi connectivity index (χ4n) is 1.86. The van der Waals surface area contributed by atoms with Gasteiger partial charge in [0.1, 0.15) is 5.75 Å².